The minimum absolute atomic E-state index is 0.0807. The molecule has 6 nitrogen and oxygen atoms in total. The smallest absolute Gasteiger partial charge is 0.258 e. The molecule has 1 aliphatic rings. The Bertz CT molecular complexity index is 848. The Morgan fingerprint density at radius 2 is 1.62 bits per heavy atom. The first-order chi connectivity index (χ1) is 11.3. The molecule has 1 saturated heterocycles. The average molecular weight is 346 g/mol. The second kappa shape index (κ2) is 5.99. The lowest BCUT2D eigenvalue weighted by Crippen LogP contribution is -2.17. The molecular weight excluding hydrogens is 328 g/mol. The van der Waals surface area contributed by atoms with E-state index in [9.17, 15) is 18.5 Å². The molecule has 0 aliphatic carbocycles. The van der Waals surface area contributed by atoms with E-state index in [4.69, 9.17) is 0 Å². The largest absolute Gasteiger partial charge is 0.269 e. The molecule has 0 bridgehead atoms. The minimum Gasteiger partial charge on any atom is -0.258 e. The van der Waals surface area contributed by atoms with E-state index in [1.165, 1.54) is 28.6 Å². The van der Waals surface area contributed by atoms with Crippen molar-refractivity contribution in [3.8, 4) is 0 Å². The molecule has 1 aliphatic heterocycles. The minimum atomic E-state index is -3.69. The van der Waals surface area contributed by atoms with Crippen LogP contribution in [0.15, 0.2) is 59.5 Å². The van der Waals surface area contributed by atoms with Gasteiger partial charge in [-0.05, 0) is 23.6 Å². The van der Waals surface area contributed by atoms with Gasteiger partial charge in [-0.25, -0.2) is 8.42 Å². The van der Waals surface area contributed by atoms with Crippen molar-refractivity contribution in [2.75, 3.05) is 0 Å². The topological polar surface area (TPSA) is 80.3 Å². The second-order valence-electron chi connectivity index (χ2n) is 6.18. The van der Waals surface area contributed by atoms with Gasteiger partial charge in [-0.2, -0.15) is 4.31 Å². The number of rotatable bonds is 5. The van der Waals surface area contributed by atoms with E-state index in [1.807, 2.05) is 44.2 Å². The SMILES string of the molecule is CC(C)[C@H]1[C@H](c2ccccc2)N1S(=O)(=O)c1ccc([N+](=O)[O-])cc1. The Hall–Kier alpha value is -2.25. The predicted molar refractivity (Wildman–Crippen MR) is 89.9 cm³/mol. The van der Waals surface area contributed by atoms with Crippen LogP contribution in [0.25, 0.3) is 0 Å². The fourth-order valence-corrected chi connectivity index (χ4v) is 4.95. The van der Waals surface area contributed by atoms with Crippen LogP contribution in [0.2, 0.25) is 0 Å². The Morgan fingerprint density at radius 1 is 1.04 bits per heavy atom. The van der Waals surface area contributed by atoms with Crippen molar-refractivity contribution in [3.63, 3.8) is 0 Å². The van der Waals surface area contributed by atoms with Gasteiger partial charge in [-0.1, -0.05) is 44.2 Å². The zero-order valence-electron chi connectivity index (χ0n) is 13.4. The molecule has 3 rings (SSSR count). The standard InChI is InChI=1S/C17H18N2O4S/c1-12(2)16-17(13-6-4-3-5-7-13)18(16)24(22,23)15-10-8-14(9-11-15)19(20)21/h3-12,16-17H,1-2H3/t16-,17-,18?/m0/s1. The highest BCUT2D eigenvalue weighted by Crippen LogP contribution is 2.50. The van der Waals surface area contributed by atoms with Crippen LogP contribution in [0.3, 0.4) is 0 Å². The first-order valence-electron chi connectivity index (χ1n) is 7.67. The van der Waals surface area contributed by atoms with E-state index in [0.717, 1.165) is 5.56 Å². The molecule has 2 aromatic carbocycles. The van der Waals surface area contributed by atoms with Crippen molar-refractivity contribution in [3.05, 3.63) is 70.3 Å². The first-order valence-corrected chi connectivity index (χ1v) is 9.11. The number of non-ortho nitro benzene ring substituents is 1. The molecule has 2 aromatic rings. The number of hydrogen-bond acceptors (Lipinski definition) is 4. The van der Waals surface area contributed by atoms with Crippen LogP contribution in [-0.4, -0.2) is 23.7 Å². The van der Waals surface area contributed by atoms with Gasteiger partial charge in [-0.15, -0.1) is 0 Å². The van der Waals surface area contributed by atoms with Crippen molar-refractivity contribution in [1.29, 1.82) is 0 Å². The fraction of sp³-hybridized carbons (Fsp3) is 0.294. The van der Waals surface area contributed by atoms with E-state index in [-0.39, 0.29) is 28.6 Å². The van der Waals surface area contributed by atoms with Crippen LogP contribution in [-0.2, 0) is 10.0 Å². The lowest BCUT2D eigenvalue weighted by molar-refractivity contribution is -0.384. The van der Waals surface area contributed by atoms with Gasteiger partial charge < -0.3 is 0 Å². The van der Waals surface area contributed by atoms with E-state index in [1.54, 1.807) is 0 Å². The molecule has 7 heteroatoms. The lowest BCUT2D eigenvalue weighted by Gasteiger charge is -2.08. The molecule has 1 heterocycles. The van der Waals surface area contributed by atoms with Crippen molar-refractivity contribution in [2.24, 2.45) is 5.92 Å². The van der Waals surface area contributed by atoms with Crippen molar-refractivity contribution >= 4 is 15.7 Å². The number of benzene rings is 2. The van der Waals surface area contributed by atoms with Gasteiger partial charge in [0.1, 0.15) is 0 Å². The molecule has 1 fully saturated rings. The van der Waals surface area contributed by atoms with E-state index in [2.05, 4.69) is 0 Å². The van der Waals surface area contributed by atoms with Crippen LogP contribution in [0.1, 0.15) is 25.5 Å². The third kappa shape index (κ3) is 2.81. The van der Waals surface area contributed by atoms with Crippen LogP contribution < -0.4 is 0 Å². The lowest BCUT2D eigenvalue weighted by atomic mass is 10.0. The third-order valence-corrected chi connectivity index (χ3v) is 6.14. The Labute approximate surface area is 140 Å². The monoisotopic (exact) mass is 346 g/mol. The highest BCUT2D eigenvalue weighted by Gasteiger charge is 2.57. The second-order valence-corrected chi connectivity index (χ2v) is 8.02. The number of hydrogen-bond donors (Lipinski definition) is 0. The van der Waals surface area contributed by atoms with Crippen LogP contribution in [0, 0.1) is 16.0 Å². The maximum absolute atomic E-state index is 12.9. The zero-order valence-corrected chi connectivity index (χ0v) is 14.2. The normalized spacial score (nSPS) is 23.2. The summed E-state index contributed by atoms with van der Waals surface area (Å²) >= 11 is 0. The van der Waals surface area contributed by atoms with E-state index < -0.39 is 14.9 Å². The highest BCUT2D eigenvalue weighted by atomic mass is 32.2. The molecule has 126 valence electrons. The maximum atomic E-state index is 12.9. The van der Waals surface area contributed by atoms with Gasteiger partial charge >= 0.3 is 0 Å². The Morgan fingerprint density at radius 3 is 2.12 bits per heavy atom. The predicted octanol–water partition coefficient (Wildman–Crippen LogP) is 3.37. The Kier molecular flexibility index (Phi) is 4.15. The number of nitro groups is 1. The number of nitrogens with zero attached hydrogens (tertiary/aromatic N) is 2. The third-order valence-electron chi connectivity index (χ3n) is 4.25. The molecule has 0 spiro atoms. The summed E-state index contributed by atoms with van der Waals surface area (Å²) in [6, 6.07) is 14.3. The molecule has 3 atom stereocenters. The molecule has 0 amide bonds. The summed E-state index contributed by atoms with van der Waals surface area (Å²) in [4.78, 5) is 10.3. The summed E-state index contributed by atoms with van der Waals surface area (Å²) in [5.41, 5.74) is 0.835. The summed E-state index contributed by atoms with van der Waals surface area (Å²) in [7, 11) is -3.69. The molecule has 24 heavy (non-hydrogen) atoms. The average Bonchev–Trinajstić information content (AvgIpc) is 3.32. The molecule has 0 aromatic heterocycles. The van der Waals surface area contributed by atoms with Gasteiger partial charge in [0.05, 0.1) is 15.9 Å². The van der Waals surface area contributed by atoms with Crippen LogP contribution in [0.5, 0.6) is 0 Å². The maximum Gasteiger partial charge on any atom is 0.269 e. The molecule has 1 unspecified atom stereocenters. The van der Waals surface area contributed by atoms with E-state index in [0.29, 0.717) is 0 Å². The summed E-state index contributed by atoms with van der Waals surface area (Å²) in [5, 5.41) is 10.7. The Balaban J connectivity index is 1.95. The van der Waals surface area contributed by atoms with Crippen molar-refractivity contribution < 1.29 is 13.3 Å². The number of sulfonamides is 1. The summed E-state index contributed by atoms with van der Waals surface area (Å²) < 4.78 is 27.4. The quantitative estimate of drug-likeness (QED) is 0.472. The molecule has 0 saturated carbocycles. The van der Waals surface area contributed by atoms with Gasteiger partial charge in [0.15, 0.2) is 0 Å². The van der Waals surface area contributed by atoms with Crippen molar-refractivity contribution in [1.82, 2.24) is 4.31 Å². The molecule has 0 radical (unpaired) electrons. The molecule has 0 N–H and O–H groups in total. The van der Waals surface area contributed by atoms with Gasteiger partial charge in [0.2, 0.25) is 10.0 Å². The first kappa shape index (κ1) is 16.6. The van der Waals surface area contributed by atoms with Crippen LogP contribution in [0.4, 0.5) is 5.69 Å². The van der Waals surface area contributed by atoms with Crippen molar-refractivity contribution in [2.45, 2.75) is 30.8 Å². The van der Waals surface area contributed by atoms with Crippen LogP contribution >= 0.6 is 0 Å². The van der Waals surface area contributed by atoms with Gasteiger partial charge in [0.25, 0.3) is 5.69 Å². The summed E-state index contributed by atoms with van der Waals surface area (Å²) in [5.74, 6) is 0.169. The number of nitro benzene ring substituents is 1. The van der Waals surface area contributed by atoms with Gasteiger partial charge in [0, 0.05) is 18.2 Å². The van der Waals surface area contributed by atoms with E-state index >= 15 is 0 Å². The summed E-state index contributed by atoms with van der Waals surface area (Å²) in [6.07, 6.45) is 0. The zero-order chi connectivity index (χ0) is 17.5. The summed E-state index contributed by atoms with van der Waals surface area (Å²) in [6.45, 7) is 3.98. The fourth-order valence-electron chi connectivity index (χ4n) is 3.05. The molecular formula is C17H18N2O4S. The van der Waals surface area contributed by atoms with Gasteiger partial charge in [-0.3, -0.25) is 10.1 Å². The highest BCUT2D eigenvalue weighted by molar-refractivity contribution is 7.89.